The van der Waals surface area contributed by atoms with Gasteiger partial charge in [-0.05, 0) is 38.3 Å². The van der Waals surface area contributed by atoms with Gasteiger partial charge in [0.05, 0.1) is 11.9 Å². The molecule has 1 aliphatic heterocycles. The minimum Gasteiger partial charge on any atom is -0.269 e. The van der Waals surface area contributed by atoms with Crippen LogP contribution in [0.15, 0.2) is 41.6 Å². The SMILES string of the molecule is CC(C)n1cc(S(=O)(=O)N2CC3(CCC3)c3ccccc32)cn1. The Labute approximate surface area is 137 Å². The lowest BCUT2D eigenvalue weighted by molar-refractivity contribution is 0.268. The molecule has 1 fully saturated rings. The van der Waals surface area contributed by atoms with Gasteiger partial charge in [-0.15, -0.1) is 0 Å². The van der Waals surface area contributed by atoms with Gasteiger partial charge in [-0.3, -0.25) is 8.99 Å². The van der Waals surface area contributed by atoms with Crippen molar-refractivity contribution in [2.75, 3.05) is 10.8 Å². The van der Waals surface area contributed by atoms with E-state index in [4.69, 9.17) is 0 Å². The zero-order valence-corrected chi connectivity index (χ0v) is 14.3. The molecule has 1 spiro atoms. The van der Waals surface area contributed by atoms with Crippen LogP contribution in [0.3, 0.4) is 0 Å². The Bertz CT molecular complexity index is 850. The van der Waals surface area contributed by atoms with Crippen molar-refractivity contribution in [2.45, 2.75) is 49.5 Å². The molecule has 0 radical (unpaired) electrons. The van der Waals surface area contributed by atoms with Crippen molar-refractivity contribution in [3.63, 3.8) is 0 Å². The van der Waals surface area contributed by atoms with Crippen LogP contribution >= 0.6 is 0 Å². The quantitative estimate of drug-likeness (QED) is 0.868. The molecule has 1 saturated carbocycles. The van der Waals surface area contributed by atoms with Crippen molar-refractivity contribution in [1.29, 1.82) is 0 Å². The molecule has 2 aliphatic rings. The summed E-state index contributed by atoms with van der Waals surface area (Å²) in [5, 5.41) is 4.19. The highest BCUT2D eigenvalue weighted by Crippen LogP contribution is 2.53. The Hall–Kier alpha value is -1.82. The molecule has 122 valence electrons. The third kappa shape index (κ3) is 2.04. The van der Waals surface area contributed by atoms with E-state index in [0.29, 0.717) is 6.54 Å². The lowest BCUT2D eigenvalue weighted by Gasteiger charge is -2.38. The number of benzene rings is 1. The molecule has 5 nitrogen and oxygen atoms in total. The predicted octanol–water partition coefficient (Wildman–Crippen LogP) is 3.09. The monoisotopic (exact) mass is 331 g/mol. The Morgan fingerprint density at radius 2 is 1.96 bits per heavy atom. The summed E-state index contributed by atoms with van der Waals surface area (Å²) < 4.78 is 29.5. The van der Waals surface area contributed by atoms with E-state index in [2.05, 4.69) is 11.2 Å². The van der Waals surface area contributed by atoms with Gasteiger partial charge in [0.1, 0.15) is 4.90 Å². The summed E-state index contributed by atoms with van der Waals surface area (Å²) in [6.45, 7) is 4.53. The zero-order chi connectivity index (χ0) is 16.2. The number of anilines is 1. The second-order valence-electron chi connectivity index (χ2n) is 6.91. The molecule has 1 aromatic carbocycles. The maximum atomic E-state index is 13.1. The van der Waals surface area contributed by atoms with Gasteiger partial charge in [0.25, 0.3) is 10.0 Å². The largest absolute Gasteiger partial charge is 0.269 e. The first-order chi connectivity index (χ1) is 10.9. The third-order valence-electron chi connectivity index (χ3n) is 5.20. The molecule has 6 heteroatoms. The van der Waals surface area contributed by atoms with Crippen molar-refractivity contribution in [3.8, 4) is 0 Å². The van der Waals surface area contributed by atoms with Crippen molar-refractivity contribution in [1.82, 2.24) is 9.78 Å². The average molecular weight is 331 g/mol. The number of para-hydroxylation sites is 1. The molecule has 23 heavy (non-hydrogen) atoms. The van der Waals surface area contributed by atoms with E-state index in [1.807, 2.05) is 32.0 Å². The fraction of sp³-hybridized carbons (Fsp3) is 0.471. The van der Waals surface area contributed by atoms with E-state index in [1.165, 1.54) is 18.2 Å². The normalized spacial score (nSPS) is 19.2. The summed E-state index contributed by atoms with van der Waals surface area (Å²) >= 11 is 0. The Balaban J connectivity index is 1.78. The summed E-state index contributed by atoms with van der Waals surface area (Å²) in [7, 11) is -3.56. The molecule has 0 amide bonds. The summed E-state index contributed by atoms with van der Waals surface area (Å²) in [6.07, 6.45) is 6.41. The van der Waals surface area contributed by atoms with Crippen molar-refractivity contribution in [3.05, 3.63) is 42.2 Å². The second kappa shape index (κ2) is 4.84. The van der Waals surface area contributed by atoms with E-state index >= 15 is 0 Å². The van der Waals surface area contributed by atoms with E-state index < -0.39 is 10.0 Å². The molecular formula is C17H21N3O2S. The third-order valence-corrected chi connectivity index (χ3v) is 6.91. The lowest BCUT2D eigenvalue weighted by atomic mass is 9.66. The summed E-state index contributed by atoms with van der Waals surface area (Å²) in [5.74, 6) is 0. The summed E-state index contributed by atoms with van der Waals surface area (Å²) in [5.41, 5.74) is 2.05. The first-order valence-electron chi connectivity index (χ1n) is 8.10. The van der Waals surface area contributed by atoms with E-state index in [0.717, 1.165) is 18.5 Å². The van der Waals surface area contributed by atoms with Crippen molar-refractivity contribution in [2.24, 2.45) is 0 Å². The van der Waals surface area contributed by atoms with E-state index in [9.17, 15) is 8.42 Å². The molecule has 1 aromatic heterocycles. The Morgan fingerprint density at radius 3 is 2.57 bits per heavy atom. The van der Waals surface area contributed by atoms with Gasteiger partial charge in [-0.1, -0.05) is 24.6 Å². The fourth-order valence-electron chi connectivity index (χ4n) is 3.69. The van der Waals surface area contributed by atoms with Crippen LogP contribution in [-0.4, -0.2) is 24.7 Å². The molecular weight excluding hydrogens is 310 g/mol. The van der Waals surface area contributed by atoms with Gasteiger partial charge < -0.3 is 0 Å². The van der Waals surface area contributed by atoms with Gasteiger partial charge in [0, 0.05) is 24.2 Å². The number of rotatable bonds is 3. The minimum absolute atomic E-state index is 0.0255. The fourth-order valence-corrected chi connectivity index (χ4v) is 5.20. The van der Waals surface area contributed by atoms with Gasteiger partial charge in [0.15, 0.2) is 0 Å². The zero-order valence-electron chi connectivity index (χ0n) is 13.4. The summed E-state index contributed by atoms with van der Waals surface area (Å²) in [6, 6.07) is 8.07. The van der Waals surface area contributed by atoms with Gasteiger partial charge in [-0.25, -0.2) is 8.42 Å². The lowest BCUT2D eigenvalue weighted by Crippen LogP contribution is -2.41. The molecule has 0 N–H and O–H groups in total. The highest BCUT2D eigenvalue weighted by atomic mass is 32.2. The Morgan fingerprint density at radius 1 is 1.22 bits per heavy atom. The first-order valence-corrected chi connectivity index (χ1v) is 9.54. The van der Waals surface area contributed by atoms with Crippen molar-refractivity contribution < 1.29 is 8.42 Å². The maximum absolute atomic E-state index is 13.1. The predicted molar refractivity (Wildman–Crippen MR) is 89.1 cm³/mol. The minimum atomic E-state index is -3.56. The standard InChI is InChI=1S/C17H21N3O2S/c1-13(2)19-11-14(10-18-19)23(21,22)20-12-17(8-5-9-17)15-6-3-4-7-16(15)20/h3-4,6-7,10-11,13H,5,8-9,12H2,1-2H3. The van der Waals surface area contributed by atoms with Crippen LogP contribution in [0.25, 0.3) is 0 Å². The number of hydrogen-bond donors (Lipinski definition) is 0. The average Bonchev–Trinajstić information content (AvgIpc) is 3.10. The van der Waals surface area contributed by atoms with Crippen LogP contribution in [0.5, 0.6) is 0 Å². The van der Waals surface area contributed by atoms with Crippen LogP contribution in [0.2, 0.25) is 0 Å². The molecule has 0 bridgehead atoms. The van der Waals surface area contributed by atoms with Gasteiger partial charge >= 0.3 is 0 Å². The molecule has 0 unspecified atom stereocenters. The Kier molecular flexibility index (Phi) is 3.10. The van der Waals surface area contributed by atoms with Crippen molar-refractivity contribution >= 4 is 15.7 Å². The molecule has 2 aromatic rings. The van der Waals surface area contributed by atoms with Gasteiger partial charge in [-0.2, -0.15) is 5.10 Å². The van der Waals surface area contributed by atoms with E-state index in [1.54, 1.807) is 15.2 Å². The molecule has 2 heterocycles. The maximum Gasteiger partial charge on any atom is 0.267 e. The second-order valence-corrected chi connectivity index (χ2v) is 8.77. The number of sulfonamides is 1. The highest BCUT2D eigenvalue weighted by molar-refractivity contribution is 7.92. The number of fused-ring (bicyclic) bond motifs is 2. The van der Waals surface area contributed by atoms with Crippen LogP contribution in [0.4, 0.5) is 5.69 Å². The number of nitrogens with zero attached hydrogens (tertiary/aromatic N) is 3. The van der Waals surface area contributed by atoms with Crippen LogP contribution in [0.1, 0.15) is 44.7 Å². The number of aromatic nitrogens is 2. The number of hydrogen-bond acceptors (Lipinski definition) is 3. The van der Waals surface area contributed by atoms with Crippen LogP contribution in [-0.2, 0) is 15.4 Å². The highest BCUT2D eigenvalue weighted by Gasteiger charge is 2.50. The van der Waals surface area contributed by atoms with E-state index in [-0.39, 0.29) is 16.4 Å². The topological polar surface area (TPSA) is 55.2 Å². The first kappa shape index (κ1) is 14.8. The molecule has 0 saturated heterocycles. The smallest absolute Gasteiger partial charge is 0.267 e. The summed E-state index contributed by atoms with van der Waals surface area (Å²) in [4.78, 5) is 0.275. The molecule has 1 aliphatic carbocycles. The van der Waals surface area contributed by atoms with Gasteiger partial charge in [0.2, 0.25) is 0 Å². The molecule has 0 atom stereocenters. The molecule has 4 rings (SSSR count). The van der Waals surface area contributed by atoms with Crippen LogP contribution < -0.4 is 4.31 Å². The van der Waals surface area contributed by atoms with Crippen LogP contribution in [0, 0.1) is 0 Å².